The van der Waals surface area contributed by atoms with Crippen molar-refractivity contribution in [3.63, 3.8) is 0 Å². The molecule has 2 amide bonds. The number of nitrogens with zero attached hydrogens (tertiary/aromatic N) is 1. The molecule has 17 heavy (non-hydrogen) atoms. The van der Waals surface area contributed by atoms with E-state index in [1.807, 2.05) is 18.2 Å². The first kappa shape index (κ1) is 11.1. The molecule has 0 atom stereocenters. The molecule has 86 valence electrons. The third-order valence-corrected chi connectivity index (χ3v) is 2.62. The fourth-order valence-corrected chi connectivity index (χ4v) is 1.77. The first-order valence-electron chi connectivity index (χ1n) is 5.28. The number of carbonyl (C=O) groups is 2. The molecular formula is C12H11N3O2. The molecule has 0 unspecified atom stereocenters. The minimum atomic E-state index is -0.643. The minimum absolute atomic E-state index is 0.0306. The summed E-state index contributed by atoms with van der Waals surface area (Å²) in [5, 5.41) is 13.6. The van der Waals surface area contributed by atoms with Crippen molar-refractivity contribution >= 4 is 17.5 Å². The van der Waals surface area contributed by atoms with Crippen LogP contribution in [0.15, 0.2) is 18.2 Å². The number of nitriles is 1. The fourth-order valence-electron chi connectivity index (χ4n) is 1.77. The second kappa shape index (κ2) is 4.66. The van der Waals surface area contributed by atoms with Gasteiger partial charge >= 0.3 is 5.91 Å². The zero-order valence-corrected chi connectivity index (χ0v) is 9.12. The molecule has 0 fully saturated rings. The third kappa shape index (κ3) is 2.61. The van der Waals surface area contributed by atoms with Crippen molar-refractivity contribution in [3.8, 4) is 6.07 Å². The van der Waals surface area contributed by atoms with Crippen LogP contribution in [0, 0.1) is 11.3 Å². The van der Waals surface area contributed by atoms with E-state index in [2.05, 4.69) is 10.6 Å². The van der Waals surface area contributed by atoms with Gasteiger partial charge in [-0.05, 0) is 23.6 Å². The first-order valence-corrected chi connectivity index (χ1v) is 5.28. The van der Waals surface area contributed by atoms with Crippen molar-refractivity contribution in [3.05, 3.63) is 29.3 Å². The van der Waals surface area contributed by atoms with E-state index in [0.717, 1.165) is 16.8 Å². The Hall–Kier alpha value is -2.35. The maximum atomic E-state index is 11.2. The lowest BCUT2D eigenvalue weighted by Crippen LogP contribution is -2.22. The topological polar surface area (TPSA) is 82.0 Å². The third-order valence-electron chi connectivity index (χ3n) is 2.62. The van der Waals surface area contributed by atoms with Crippen LogP contribution >= 0.6 is 0 Å². The smallest absolute Gasteiger partial charge is 0.322 e. The highest BCUT2D eigenvalue weighted by Gasteiger charge is 2.14. The van der Waals surface area contributed by atoms with E-state index in [1.165, 1.54) is 6.07 Å². The molecule has 0 aromatic heterocycles. The van der Waals surface area contributed by atoms with Gasteiger partial charge in [0.05, 0.1) is 0 Å². The van der Waals surface area contributed by atoms with Crippen LogP contribution in [0.4, 0.5) is 5.69 Å². The summed E-state index contributed by atoms with van der Waals surface area (Å²) < 4.78 is 0. The number of rotatable bonds is 2. The van der Waals surface area contributed by atoms with Gasteiger partial charge in [0.15, 0.2) is 6.07 Å². The van der Waals surface area contributed by atoms with Gasteiger partial charge in [-0.1, -0.05) is 12.1 Å². The SMILES string of the molecule is N#CC(=O)NCc1ccc2c(c1)CCC(=O)N2. The van der Waals surface area contributed by atoms with E-state index in [4.69, 9.17) is 5.26 Å². The number of nitrogens with one attached hydrogen (secondary N) is 2. The predicted octanol–water partition coefficient (Wildman–Crippen LogP) is 0.711. The van der Waals surface area contributed by atoms with Gasteiger partial charge in [-0.15, -0.1) is 0 Å². The van der Waals surface area contributed by atoms with Crippen molar-refractivity contribution in [1.82, 2.24) is 5.32 Å². The van der Waals surface area contributed by atoms with Crippen LogP contribution in [-0.4, -0.2) is 11.8 Å². The molecule has 0 saturated carbocycles. The summed E-state index contributed by atoms with van der Waals surface area (Å²) in [6, 6.07) is 7.07. The van der Waals surface area contributed by atoms with Gasteiger partial charge in [0.1, 0.15) is 0 Å². The molecule has 0 bridgehead atoms. The largest absolute Gasteiger partial charge is 0.339 e. The molecule has 1 aromatic carbocycles. The minimum Gasteiger partial charge on any atom is -0.339 e. The highest BCUT2D eigenvalue weighted by atomic mass is 16.2. The van der Waals surface area contributed by atoms with Gasteiger partial charge in [0.25, 0.3) is 0 Å². The summed E-state index contributed by atoms with van der Waals surface area (Å²) in [5.74, 6) is -0.612. The number of amides is 2. The van der Waals surface area contributed by atoms with Crippen molar-refractivity contribution in [2.24, 2.45) is 0 Å². The standard InChI is InChI=1S/C12H11N3O2/c13-6-12(17)14-7-8-1-3-10-9(5-8)2-4-11(16)15-10/h1,3,5H,2,4,7H2,(H,14,17)(H,15,16). The molecule has 2 N–H and O–H groups in total. The average Bonchev–Trinajstić information content (AvgIpc) is 2.35. The lowest BCUT2D eigenvalue weighted by atomic mass is 10.0. The predicted molar refractivity (Wildman–Crippen MR) is 60.9 cm³/mol. The number of aryl methyl sites for hydroxylation is 1. The monoisotopic (exact) mass is 229 g/mol. The molecular weight excluding hydrogens is 218 g/mol. The molecule has 0 saturated heterocycles. The lowest BCUT2D eigenvalue weighted by molar-refractivity contribution is -0.117. The van der Waals surface area contributed by atoms with Crippen LogP contribution in [0.3, 0.4) is 0 Å². The van der Waals surface area contributed by atoms with Crippen LogP contribution in [0.2, 0.25) is 0 Å². The molecule has 1 aromatic rings. The Bertz CT molecular complexity index is 517. The Kier molecular flexibility index (Phi) is 3.06. The number of carbonyl (C=O) groups excluding carboxylic acids is 2. The molecule has 5 heteroatoms. The Morgan fingerprint density at radius 3 is 3.06 bits per heavy atom. The van der Waals surface area contributed by atoms with Gasteiger partial charge in [0.2, 0.25) is 5.91 Å². The van der Waals surface area contributed by atoms with Crippen molar-refractivity contribution in [2.45, 2.75) is 19.4 Å². The molecule has 1 aliphatic heterocycles. The summed E-state index contributed by atoms with van der Waals surface area (Å²) in [7, 11) is 0. The van der Waals surface area contributed by atoms with Crippen molar-refractivity contribution in [1.29, 1.82) is 5.26 Å². The van der Waals surface area contributed by atoms with Crippen molar-refractivity contribution in [2.75, 3.05) is 5.32 Å². The highest BCUT2D eigenvalue weighted by molar-refractivity contribution is 5.94. The van der Waals surface area contributed by atoms with E-state index in [9.17, 15) is 9.59 Å². The van der Waals surface area contributed by atoms with E-state index >= 15 is 0 Å². The summed E-state index contributed by atoms with van der Waals surface area (Å²) in [5.41, 5.74) is 2.81. The Morgan fingerprint density at radius 1 is 1.47 bits per heavy atom. The molecule has 0 spiro atoms. The second-order valence-corrected chi connectivity index (χ2v) is 3.83. The highest BCUT2D eigenvalue weighted by Crippen LogP contribution is 2.23. The quantitative estimate of drug-likeness (QED) is 0.733. The van der Waals surface area contributed by atoms with Gasteiger partial charge < -0.3 is 10.6 Å². The van der Waals surface area contributed by atoms with E-state index in [0.29, 0.717) is 19.4 Å². The van der Waals surface area contributed by atoms with Gasteiger partial charge in [0, 0.05) is 18.7 Å². The molecule has 0 aliphatic carbocycles. The summed E-state index contributed by atoms with van der Waals surface area (Å²) in [4.78, 5) is 21.9. The number of hydrogen-bond acceptors (Lipinski definition) is 3. The van der Waals surface area contributed by atoms with Gasteiger partial charge in [-0.3, -0.25) is 9.59 Å². The Morgan fingerprint density at radius 2 is 2.29 bits per heavy atom. The molecule has 0 radical (unpaired) electrons. The zero-order chi connectivity index (χ0) is 12.3. The van der Waals surface area contributed by atoms with Crippen LogP contribution in [0.5, 0.6) is 0 Å². The summed E-state index contributed by atoms with van der Waals surface area (Å²) in [6.45, 7) is 0.327. The Balaban J connectivity index is 2.09. The molecule has 1 heterocycles. The van der Waals surface area contributed by atoms with Crippen LogP contribution in [-0.2, 0) is 22.6 Å². The maximum Gasteiger partial charge on any atom is 0.322 e. The second-order valence-electron chi connectivity index (χ2n) is 3.83. The molecule has 2 rings (SSSR count). The fraction of sp³-hybridized carbons (Fsp3) is 0.250. The zero-order valence-electron chi connectivity index (χ0n) is 9.12. The summed E-state index contributed by atoms with van der Waals surface area (Å²) in [6.07, 6.45) is 1.20. The maximum absolute atomic E-state index is 11.2. The van der Waals surface area contributed by atoms with Gasteiger partial charge in [-0.2, -0.15) is 5.26 Å². The number of fused-ring (bicyclic) bond motifs is 1. The Labute approximate surface area is 98.4 Å². The van der Waals surface area contributed by atoms with E-state index < -0.39 is 5.91 Å². The van der Waals surface area contributed by atoms with E-state index in [-0.39, 0.29) is 5.91 Å². The average molecular weight is 229 g/mol. The summed E-state index contributed by atoms with van der Waals surface area (Å²) >= 11 is 0. The van der Waals surface area contributed by atoms with Crippen LogP contribution in [0.25, 0.3) is 0 Å². The van der Waals surface area contributed by atoms with Crippen molar-refractivity contribution < 1.29 is 9.59 Å². The number of hydrogen-bond donors (Lipinski definition) is 2. The first-order chi connectivity index (χ1) is 8.19. The number of anilines is 1. The van der Waals surface area contributed by atoms with E-state index in [1.54, 1.807) is 0 Å². The normalized spacial score (nSPS) is 13.2. The number of benzene rings is 1. The molecule has 1 aliphatic rings. The lowest BCUT2D eigenvalue weighted by Gasteiger charge is -2.17. The van der Waals surface area contributed by atoms with Crippen LogP contribution < -0.4 is 10.6 Å². The molecule has 5 nitrogen and oxygen atoms in total. The van der Waals surface area contributed by atoms with Gasteiger partial charge in [-0.25, -0.2) is 0 Å². The van der Waals surface area contributed by atoms with Crippen LogP contribution in [0.1, 0.15) is 17.5 Å².